The lowest BCUT2D eigenvalue weighted by Crippen LogP contribution is -2.43. The average molecular weight is 275 g/mol. The van der Waals surface area contributed by atoms with Crippen LogP contribution in [-0.4, -0.2) is 45.7 Å². The van der Waals surface area contributed by atoms with Crippen molar-refractivity contribution in [3.63, 3.8) is 0 Å². The molecule has 0 radical (unpaired) electrons. The normalized spacial score (nSPS) is 27.4. The highest BCUT2D eigenvalue weighted by atomic mass is 35.5. The molecule has 3 heterocycles. The molecule has 7 heteroatoms. The number of halogens is 1. The van der Waals surface area contributed by atoms with Crippen molar-refractivity contribution in [2.75, 3.05) is 26.2 Å². The Bertz CT molecular complexity index is 386. The Balaban J connectivity index is 0.00000108. The molecule has 5 nitrogen and oxygen atoms in total. The van der Waals surface area contributed by atoms with Crippen LogP contribution in [0.3, 0.4) is 0 Å². The maximum Gasteiger partial charge on any atom is 0.275 e. The topological polar surface area (TPSA) is 58.1 Å². The lowest BCUT2D eigenvalue weighted by atomic mass is 9.88. The van der Waals surface area contributed by atoms with Crippen LogP contribution in [0, 0.1) is 11.8 Å². The quantitative estimate of drug-likeness (QED) is 0.817. The summed E-state index contributed by atoms with van der Waals surface area (Å²) in [4.78, 5) is 14.0. The van der Waals surface area contributed by atoms with Gasteiger partial charge in [0.05, 0.1) is 17.9 Å². The molecule has 2 aliphatic rings. The number of piperidine rings is 1. The fourth-order valence-electron chi connectivity index (χ4n) is 2.64. The van der Waals surface area contributed by atoms with E-state index in [-0.39, 0.29) is 18.3 Å². The van der Waals surface area contributed by atoms with Gasteiger partial charge in [0, 0.05) is 13.1 Å². The van der Waals surface area contributed by atoms with Gasteiger partial charge in [0.15, 0.2) is 5.69 Å². The molecule has 0 bridgehead atoms. The first-order valence-corrected chi connectivity index (χ1v) is 6.35. The van der Waals surface area contributed by atoms with E-state index in [4.69, 9.17) is 0 Å². The maximum absolute atomic E-state index is 12.1. The zero-order valence-corrected chi connectivity index (χ0v) is 11.0. The SMILES string of the molecule is Cl.O=C(c1cnsn1)N1CCC2CNCC2C1. The second-order valence-corrected chi connectivity index (χ2v) is 5.07. The minimum Gasteiger partial charge on any atom is -0.337 e. The molecule has 0 saturated carbocycles. The fourth-order valence-corrected chi connectivity index (χ4v) is 3.05. The lowest BCUT2D eigenvalue weighted by molar-refractivity contribution is 0.0637. The molecule has 2 fully saturated rings. The van der Waals surface area contributed by atoms with Crippen LogP contribution in [0.25, 0.3) is 0 Å². The average Bonchev–Trinajstić information content (AvgIpc) is 2.98. The third-order valence-electron chi connectivity index (χ3n) is 3.57. The number of rotatable bonds is 1. The second-order valence-electron chi connectivity index (χ2n) is 4.51. The van der Waals surface area contributed by atoms with Crippen LogP contribution in [-0.2, 0) is 0 Å². The van der Waals surface area contributed by atoms with Crippen molar-refractivity contribution in [2.24, 2.45) is 11.8 Å². The van der Waals surface area contributed by atoms with Gasteiger partial charge in [-0.05, 0) is 31.3 Å². The van der Waals surface area contributed by atoms with Crippen molar-refractivity contribution in [3.05, 3.63) is 11.9 Å². The molecule has 2 unspecified atom stereocenters. The number of aromatic nitrogens is 2. The monoisotopic (exact) mass is 274 g/mol. The summed E-state index contributed by atoms with van der Waals surface area (Å²) in [7, 11) is 0. The van der Waals surface area contributed by atoms with Gasteiger partial charge >= 0.3 is 0 Å². The van der Waals surface area contributed by atoms with Crippen LogP contribution in [0.5, 0.6) is 0 Å². The van der Waals surface area contributed by atoms with Gasteiger partial charge in [0.2, 0.25) is 0 Å². The van der Waals surface area contributed by atoms with E-state index in [0.29, 0.717) is 11.6 Å². The Morgan fingerprint density at radius 1 is 1.47 bits per heavy atom. The van der Waals surface area contributed by atoms with Crippen LogP contribution in [0.15, 0.2) is 6.20 Å². The third kappa shape index (κ3) is 2.43. The van der Waals surface area contributed by atoms with E-state index in [9.17, 15) is 4.79 Å². The fraction of sp³-hybridized carbons (Fsp3) is 0.700. The van der Waals surface area contributed by atoms with Crippen molar-refractivity contribution in [3.8, 4) is 0 Å². The van der Waals surface area contributed by atoms with Crippen molar-refractivity contribution in [1.82, 2.24) is 19.0 Å². The molecule has 17 heavy (non-hydrogen) atoms. The van der Waals surface area contributed by atoms with Gasteiger partial charge in [0.25, 0.3) is 5.91 Å². The Morgan fingerprint density at radius 3 is 3.06 bits per heavy atom. The van der Waals surface area contributed by atoms with E-state index in [0.717, 1.165) is 50.2 Å². The summed E-state index contributed by atoms with van der Waals surface area (Å²) >= 11 is 1.09. The van der Waals surface area contributed by atoms with Crippen LogP contribution >= 0.6 is 24.1 Å². The lowest BCUT2D eigenvalue weighted by Gasteiger charge is -2.33. The van der Waals surface area contributed by atoms with Crippen molar-refractivity contribution < 1.29 is 4.79 Å². The number of amides is 1. The molecule has 1 aromatic heterocycles. The minimum atomic E-state index is 0. The standard InChI is InChI=1S/C10H14N4OS.ClH/c15-10(9-5-12-16-13-9)14-2-1-7-3-11-4-8(7)6-14;/h5,7-8,11H,1-4,6H2;1H. The van der Waals surface area contributed by atoms with Crippen molar-refractivity contribution in [1.29, 1.82) is 0 Å². The first-order valence-electron chi connectivity index (χ1n) is 5.62. The zero-order chi connectivity index (χ0) is 11.0. The maximum atomic E-state index is 12.1. The summed E-state index contributed by atoms with van der Waals surface area (Å²) in [6, 6.07) is 0. The number of hydrogen-bond donors (Lipinski definition) is 1. The van der Waals surface area contributed by atoms with Gasteiger partial charge in [-0.25, -0.2) is 0 Å². The van der Waals surface area contributed by atoms with E-state index >= 15 is 0 Å². The van der Waals surface area contributed by atoms with Crippen LogP contribution < -0.4 is 5.32 Å². The third-order valence-corrected chi connectivity index (χ3v) is 4.05. The molecular formula is C10H15ClN4OS. The van der Waals surface area contributed by atoms with Crippen LogP contribution in [0.2, 0.25) is 0 Å². The van der Waals surface area contributed by atoms with E-state index < -0.39 is 0 Å². The Kier molecular flexibility index (Phi) is 3.96. The van der Waals surface area contributed by atoms with E-state index in [2.05, 4.69) is 14.1 Å². The molecule has 0 spiro atoms. The predicted molar refractivity (Wildman–Crippen MR) is 67.5 cm³/mol. The van der Waals surface area contributed by atoms with Gasteiger partial charge in [-0.3, -0.25) is 4.79 Å². The molecule has 0 aliphatic carbocycles. The molecule has 3 rings (SSSR count). The number of carbonyl (C=O) groups is 1. The first kappa shape index (κ1) is 12.7. The van der Waals surface area contributed by atoms with Gasteiger partial charge < -0.3 is 10.2 Å². The Labute approximate surface area is 110 Å². The van der Waals surface area contributed by atoms with Crippen molar-refractivity contribution >= 4 is 30.0 Å². The summed E-state index contributed by atoms with van der Waals surface area (Å²) in [5, 5.41) is 3.39. The van der Waals surface area contributed by atoms with Crippen LogP contribution in [0.4, 0.5) is 0 Å². The number of carbonyl (C=O) groups excluding carboxylic acids is 1. The molecule has 0 aromatic carbocycles. The number of hydrogen-bond acceptors (Lipinski definition) is 5. The molecule has 1 aromatic rings. The predicted octanol–water partition coefficient (Wildman–Crippen LogP) is 0.641. The summed E-state index contributed by atoms with van der Waals surface area (Å²) < 4.78 is 7.88. The number of likely N-dealkylation sites (tertiary alicyclic amines) is 1. The van der Waals surface area contributed by atoms with E-state index in [1.54, 1.807) is 6.20 Å². The summed E-state index contributed by atoms with van der Waals surface area (Å²) in [6.45, 7) is 3.89. The second kappa shape index (κ2) is 5.29. The number of fused-ring (bicyclic) bond motifs is 1. The smallest absolute Gasteiger partial charge is 0.275 e. The Hall–Kier alpha value is -0.720. The van der Waals surface area contributed by atoms with Gasteiger partial charge in [-0.1, -0.05) is 0 Å². The largest absolute Gasteiger partial charge is 0.337 e. The molecule has 1 amide bonds. The number of nitrogens with one attached hydrogen (secondary N) is 1. The summed E-state index contributed by atoms with van der Waals surface area (Å²) in [6.07, 6.45) is 2.67. The van der Waals surface area contributed by atoms with Gasteiger partial charge in [0.1, 0.15) is 0 Å². The number of nitrogens with zero attached hydrogens (tertiary/aromatic N) is 3. The molecule has 94 valence electrons. The van der Waals surface area contributed by atoms with Gasteiger partial charge in [-0.15, -0.1) is 12.4 Å². The highest BCUT2D eigenvalue weighted by Gasteiger charge is 2.35. The van der Waals surface area contributed by atoms with E-state index in [1.165, 1.54) is 0 Å². The molecular weight excluding hydrogens is 260 g/mol. The van der Waals surface area contributed by atoms with Crippen molar-refractivity contribution in [2.45, 2.75) is 6.42 Å². The summed E-state index contributed by atoms with van der Waals surface area (Å²) in [5.41, 5.74) is 0.495. The zero-order valence-electron chi connectivity index (χ0n) is 9.33. The van der Waals surface area contributed by atoms with Crippen LogP contribution in [0.1, 0.15) is 16.9 Å². The molecule has 2 aliphatic heterocycles. The first-order chi connectivity index (χ1) is 7.84. The Morgan fingerprint density at radius 2 is 2.29 bits per heavy atom. The highest BCUT2D eigenvalue weighted by molar-refractivity contribution is 6.99. The van der Waals surface area contributed by atoms with E-state index in [1.807, 2.05) is 4.90 Å². The highest BCUT2D eigenvalue weighted by Crippen LogP contribution is 2.27. The molecule has 2 saturated heterocycles. The summed E-state index contributed by atoms with van der Waals surface area (Å²) in [5.74, 6) is 1.43. The molecule has 2 atom stereocenters. The minimum absolute atomic E-state index is 0. The van der Waals surface area contributed by atoms with Gasteiger partial charge in [-0.2, -0.15) is 8.75 Å². The molecule has 1 N–H and O–H groups in total.